The van der Waals surface area contributed by atoms with E-state index in [1.165, 1.54) is 23.9 Å². The molecule has 0 aromatic heterocycles. The number of rotatable bonds is 7. The van der Waals surface area contributed by atoms with E-state index in [4.69, 9.17) is 0 Å². The van der Waals surface area contributed by atoms with Crippen molar-refractivity contribution >= 4 is 33.8 Å². The highest BCUT2D eigenvalue weighted by Crippen LogP contribution is 2.26. The number of carbonyl (C=O) groups is 1. The Morgan fingerprint density at radius 1 is 1.15 bits per heavy atom. The Labute approximate surface area is 164 Å². The summed E-state index contributed by atoms with van der Waals surface area (Å²) in [6, 6.07) is 15.4. The lowest BCUT2D eigenvalue weighted by atomic mass is 9.98. The second kappa shape index (κ2) is 9.75. The van der Waals surface area contributed by atoms with Crippen molar-refractivity contribution < 1.29 is 18.3 Å². The van der Waals surface area contributed by atoms with Crippen LogP contribution in [0.25, 0.3) is 0 Å². The Balaban J connectivity index is 1.72. The summed E-state index contributed by atoms with van der Waals surface area (Å²) in [5.41, 5.74) is 1.69. The molecule has 2 aromatic rings. The highest BCUT2D eigenvalue weighted by Gasteiger charge is 2.18. The van der Waals surface area contributed by atoms with Gasteiger partial charge in [0, 0.05) is 5.75 Å². The maximum absolute atomic E-state index is 12.4. The number of benzene rings is 2. The standard InChI is InChI=1S/C19H18F2N2O2S2/c20-18(21)25-15-8-6-14(7-9-15)17(13-4-2-1-3-5-13)23-16(24)12-27-19-22-10-11-26-19/h1-9,17-18H,10-12H2,(H,23,24)/t17-/m0/s1. The summed E-state index contributed by atoms with van der Waals surface area (Å²) in [6.07, 6.45) is 0. The minimum atomic E-state index is -2.87. The van der Waals surface area contributed by atoms with Crippen LogP contribution in [-0.4, -0.2) is 34.9 Å². The van der Waals surface area contributed by atoms with Crippen LogP contribution in [0.15, 0.2) is 59.6 Å². The second-order valence-electron chi connectivity index (χ2n) is 5.64. The van der Waals surface area contributed by atoms with Gasteiger partial charge in [-0.15, -0.1) is 0 Å². The van der Waals surface area contributed by atoms with E-state index >= 15 is 0 Å². The largest absolute Gasteiger partial charge is 0.435 e. The lowest BCUT2D eigenvalue weighted by Gasteiger charge is -2.20. The van der Waals surface area contributed by atoms with Crippen molar-refractivity contribution in [3.8, 4) is 5.75 Å². The molecular formula is C19H18F2N2O2S2. The number of hydrogen-bond donors (Lipinski definition) is 1. The first-order chi connectivity index (χ1) is 13.1. The van der Waals surface area contributed by atoms with Gasteiger partial charge >= 0.3 is 6.61 Å². The predicted octanol–water partition coefficient (Wildman–Crippen LogP) is 4.33. The van der Waals surface area contributed by atoms with E-state index in [9.17, 15) is 13.6 Å². The molecule has 1 N–H and O–H groups in total. The molecule has 142 valence electrons. The van der Waals surface area contributed by atoms with Crippen LogP contribution in [0.1, 0.15) is 17.2 Å². The number of thioether (sulfide) groups is 2. The van der Waals surface area contributed by atoms with Gasteiger partial charge in [-0.3, -0.25) is 9.79 Å². The lowest BCUT2D eigenvalue weighted by Crippen LogP contribution is -2.30. The molecule has 8 heteroatoms. The van der Waals surface area contributed by atoms with Crippen LogP contribution >= 0.6 is 23.5 Å². The molecule has 1 atom stereocenters. The van der Waals surface area contributed by atoms with Crippen molar-refractivity contribution in [1.29, 1.82) is 0 Å². The molecule has 0 radical (unpaired) electrons. The Morgan fingerprint density at radius 3 is 2.48 bits per heavy atom. The predicted molar refractivity (Wildman–Crippen MR) is 107 cm³/mol. The number of aliphatic imine (C=N–C) groups is 1. The molecule has 1 aliphatic heterocycles. The van der Waals surface area contributed by atoms with Crippen LogP contribution in [0.4, 0.5) is 8.78 Å². The molecule has 3 rings (SSSR count). The monoisotopic (exact) mass is 408 g/mol. The molecule has 0 saturated heterocycles. The number of nitrogens with one attached hydrogen (secondary N) is 1. The van der Waals surface area contributed by atoms with E-state index in [-0.39, 0.29) is 23.5 Å². The zero-order valence-electron chi connectivity index (χ0n) is 14.3. The zero-order chi connectivity index (χ0) is 19.1. The molecule has 4 nitrogen and oxygen atoms in total. The number of ether oxygens (including phenoxy) is 1. The summed E-state index contributed by atoms with van der Waals surface area (Å²) < 4.78 is 30.0. The minimum Gasteiger partial charge on any atom is -0.435 e. The molecule has 0 fully saturated rings. The summed E-state index contributed by atoms with van der Waals surface area (Å²) in [4.78, 5) is 16.8. The van der Waals surface area contributed by atoms with Crippen LogP contribution in [0.5, 0.6) is 5.75 Å². The molecule has 0 aliphatic carbocycles. The van der Waals surface area contributed by atoms with Gasteiger partial charge in [-0.1, -0.05) is 66.0 Å². The van der Waals surface area contributed by atoms with E-state index in [2.05, 4.69) is 15.0 Å². The fourth-order valence-corrected chi connectivity index (χ4v) is 4.40. The second-order valence-corrected chi connectivity index (χ2v) is 7.95. The van der Waals surface area contributed by atoms with Crippen molar-refractivity contribution in [3.63, 3.8) is 0 Å². The van der Waals surface area contributed by atoms with Gasteiger partial charge in [0.1, 0.15) is 10.1 Å². The molecule has 0 spiro atoms. The van der Waals surface area contributed by atoms with E-state index in [0.717, 1.165) is 27.8 Å². The SMILES string of the molecule is O=C(CSC1=NCCS1)N[C@@H](c1ccccc1)c1ccc(OC(F)F)cc1. The Bertz CT molecular complexity index is 786. The smallest absolute Gasteiger partial charge is 0.387 e. The summed E-state index contributed by atoms with van der Waals surface area (Å²) in [5, 5.41) is 3.02. The first-order valence-electron chi connectivity index (χ1n) is 8.31. The molecule has 0 bridgehead atoms. The third-order valence-electron chi connectivity index (χ3n) is 3.76. The molecule has 1 heterocycles. The molecule has 0 saturated carbocycles. The van der Waals surface area contributed by atoms with Gasteiger partial charge < -0.3 is 10.1 Å². The average Bonchev–Trinajstić information content (AvgIpc) is 3.19. The zero-order valence-corrected chi connectivity index (χ0v) is 15.9. The van der Waals surface area contributed by atoms with Crippen LogP contribution in [0.2, 0.25) is 0 Å². The van der Waals surface area contributed by atoms with Crippen molar-refractivity contribution in [2.45, 2.75) is 12.7 Å². The van der Waals surface area contributed by atoms with Crippen molar-refractivity contribution in [1.82, 2.24) is 5.32 Å². The number of hydrogen-bond acceptors (Lipinski definition) is 5. The van der Waals surface area contributed by atoms with Gasteiger partial charge in [-0.2, -0.15) is 8.78 Å². The summed E-state index contributed by atoms with van der Waals surface area (Å²) in [6.45, 7) is -2.07. The third kappa shape index (κ3) is 5.97. The van der Waals surface area contributed by atoms with Crippen LogP contribution in [0.3, 0.4) is 0 Å². The van der Waals surface area contributed by atoms with Crippen LogP contribution in [0, 0.1) is 0 Å². The first-order valence-corrected chi connectivity index (χ1v) is 10.3. The Hall–Kier alpha value is -2.06. The number of alkyl halides is 2. The maximum atomic E-state index is 12.4. The first kappa shape index (κ1) is 19.7. The molecule has 1 aliphatic rings. The molecule has 1 amide bonds. The number of halogens is 2. The highest BCUT2D eigenvalue weighted by molar-refractivity contribution is 8.39. The normalized spacial score (nSPS) is 14.7. The van der Waals surface area contributed by atoms with Gasteiger partial charge in [0.25, 0.3) is 0 Å². The lowest BCUT2D eigenvalue weighted by molar-refractivity contribution is -0.119. The molecule has 0 unspecified atom stereocenters. The average molecular weight is 408 g/mol. The Kier molecular flexibility index (Phi) is 7.11. The summed E-state index contributed by atoms with van der Waals surface area (Å²) >= 11 is 3.09. The molecule has 27 heavy (non-hydrogen) atoms. The summed E-state index contributed by atoms with van der Waals surface area (Å²) in [5.74, 6) is 1.21. The van der Waals surface area contributed by atoms with Crippen LogP contribution < -0.4 is 10.1 Å². The van der Waals surface area contributed by atoms with Crippen molar-refractivity contribution in [3.05, 3.63) is 65.7 Å². The minimum absolute atomic E-state index is 0.0821. The highest BCUT2D eigenvalue weighted by atomic mass is 32.2. The topological polar surface area (TPSA) is 50.7 Å². The van der Waals surface area contributed by atoms with Crippen molar-refractivity contribution in [2.75, 3.05) is 18.1 Å². The van der Waals surface area contributed by atoms with Crippen LogP contribution in [-0.2, 0) is 4.79 Å². The Morgan fingerprint density at radius 2 is 1.85 bits per heavy atom. The van der Waals surface area contributed by atoms with Gasteiger partial charge in [-0.25, -0.2) is 0 Å². The molecule has 2 aromatic carbocycles. The number of nitrogens with zero attached hydrogens (tertiary/aromatic N) is 1. The quantitative estimate of drug-likeness (QED) is 0.741. The fraction of sp³-hybridized carbons (Fsp3) is 0.263. The van der Waals surface area contributed by atoms with E-state index < -0.39 is 6.61 Å². The number of amides is 1. The van der Waals surface area contributed by atoms with Crippen molar-refractivity contribution in [2.24, 2.45) is 4.99 Å². The van der Waals surface area contributed by atoms with Gasteiger partial charge in [-0.05, 0) is 23.3 Å². The van der Waals surface area contributed by atoms with Gasteiger partial charge in [0.2, 0.25) is 5.91 Å². The van der Waals surface area contributed by atoms with E-state index in [1.807, 2.05) is 30.3 Å². The fourth-order valence-electron chi connectivity index (χ4n) is 2.58. The van der Waals surface area contributed by atoms with E-state index in [0.29, 0.717) is 0 Å². The van der Waals surface area contributed by atoms with Gasteiger partial charge in [0.05, 0.1) is 18.3 Å². The number of carbonyl (C=O) groups excluding carboxylic acids is 1. The van der Waals surface area contributed by atoms with Gasteiger partial charge in [0.15, 0.2) is 0 Å². The summed E-state index contributed by atoms with van der Waals surface area (Å²) in [7, 11) is 0. The van der Waals surface area contributed by atoms with E-state index in [1.54, 1.807) is 23.9 Å². The third-order valence-corrected chi connectivity index (χ3v) is 6.01. The maximum Gasteiger partial charge on any atom is 0.387 e. The molecular weight excluding hydrogens is 390 g/mol.